The highest BCUT2D eigenvalue weighted by Gasteiger charge is 2.13. The van der Waals surface area contributed by atoms with Crippen LogP contribution in [0.4, 0.5) is 10.8 Å². The van der Waals surface area contributed by atoms with Crippen LogP contribution in [0.15, 0.2) is 54.2 Å². The summed E-state index contributed by atoms with van der Waals surface area (Å²) < 4.78 is 1.81. The van der Waals surface area contributed by atoms with Gasteiger partial charge in [0, 0.05) is 35.9 Å². The highest BCUT2D eigenvalue weighted by atomic mass is 32.1. The van der Waals surface area contributed by atoms with Crippen molar-refractivity contribution in [3.05, 3.63) is 65.4 Å². The Labute approximate surface area is 165 Å². The van der Waals surface area contributed by atoms with Crippen LogP contribution in [0.5, 0.6) is 0 Å². The molecule has 140 valence electrons. The molecule has 0 aliphatic heterocycles. The van der Waals surface area contributed by atoms with E-state index in [1.54, 1.807) is 6.20 Å². The molecule has 0 radical (unpaired) electrons. The first-order valence-electron chi connectivity index (χ1n) is 8.58. The maximum atomic E-state index is 12.5. The number of fused-ring (bicyclic) bond motifs is 1. The van der Waals surface area contributed by atoms with E-state index in [0.29, 0.717) is 10.8 Å². The molecule has 0 spiro atoms. The fraction of sp³-hybridized carbons (Fsp3) is 0.100. The van der Waals surface area contributed by atoms with Gasteiger partial charge in [0.15, 0.2) is 5.13 Å². The van der Waals surface area contributed by atoms with Gasteiger partial charge >= 0.3 is 0 Å². The Bertz CT molecular complexity index is 1180. The van der Waals surface area contributed by atoms with Gasteiger partial charge in [-0.1, -0.05) is 12.1 Å². The number of benzene rings is 1. The molecule has 0 aliphatic rings. The summed E-state index contributed by atoms with van der Waals surface area (Å²) in [5.74, 6) is -0.420. The van der Waals surface area contributed by atoms with E-state index in [0.717, 1.165) is 28.2 Å². The number of carbonyl (C=O) groups excluding carboxylic acids is 2. The number of aryl methyl sites for hydroxylation is 1. The molecule has 28 heavy (non-hydrogen) atoms. The highest BCUT2D eigenvalue weighted by molar-refractivity contribution is 7.14. The number of rotatable bonds is 4. The van der Waals surface area contributed by atoms with Crippen molar-refractivity contribution >= 4 is 39.6 Å². The lowest BCUT2D eigenvalue weighted by Crippen LogP contribution is -2.12. The summed E-state index contributed by atoms with van der Waals surface area (Å²) in [5.41, 5.74) is 4.52. The number of nitrogens with one attached hydrogen (secondary N) is 2. The van der Waals surface area contributed by atoms with Crippen LogP contribution in [-0.4, -0.2) is 26.2 Å². The second kappa shape index (κ2) is 7.24. The average molecular weight is 391 g/mol. The predicted molar refractivity (Wildman–Crippen MR) is 110 cm³/mol. The number of pyridine rings is 1. The van der Waals surface area contributed by atoms with Crippen molar-refractivity contribution < 1.29 is 9.59 Å². The van der Waals surface area contributed by atoms with Crippen molar-refractivity contribution in [1.29, 1.82) is 0 Å². The molecule has 0 bridgehead atoms. The van der Waals surface area contributed by atoms with Gasteiger partial charge in [-0.25, -0.2) is 9.97 Å². The SMILES string of the molecule is CC(=O)Nc1ccc(-c2csc(NC(=O)c3cn4ccc(C)cc4n3)n2)cc1. The van der Waals surface area contributed by atoms with E-state index in [1.165, 1.54) is 18.3 Å². The number of thiazole rings is 1. The average Bonchev–Trinajstić information content (AvgIpc) is 3.28. The molecule has 0 saturated carbocycles. The quantitative estimate of drug-likeness (QED) is 0.551. The molecule has 0 saturated heterocycles. The minimum absolute atomic E-state index is 0.117. The highest BCUT2D eigenvalue weighted by Crippen LogP contribution is 2.26. The number of carbonyl (C=O) groups is 2. The molecule has 2 N–H and O–H groups in total. The molecule has 4 rings (SSSR count). The lowest BCUT2D eigenvalue weighted by Gasteiger charge is -2.02. The van der Waals surface area contributed by atoms with Crippen LogP contribution in [0, 0.1) is 6.92 Å². The summed E-state index contributed by atoms with van der Waals surface area (Å²) in [6.45, 7) is 3.45. The third-order valence-electron chi connectivity index (χ3n) is 4.07. The molecule has 1 aromatic carbocycles. The van der Waals surface area contributed by atoms with Crippen molar-refractivity contribution in [3.63, 3.8) is 0 Å². The lowest BCUT2D eigenvalue weighted by molar-refractivity contribution is -0.114. The Morgan fingerprint density at radius 1 is 1.07 bits per heavy atom. The fourth-order valence-electron chi connectivity index (χ4n) is 2.75. The number of aromatic nitrogens is 3. The molecular formula is C20H17N5O2S. The Morgan fingerprint density at radius 2 is 1.86 bits per heavy atom. The summed E-state index contributed by atoms with van der Waals surface area (Å²) in [7, 11) is 0. The zero-order chi connectivity index (χ0) is 19.7. The zero-order valence-electron chi connectivity index (χ0n) is 15.3. The predicted octanol–water partition coefficient (Wildman–Crippen LogP) is 3.98. The summed E-state index contributed by atoms with van der Waals surface area (Å²) in [5, 5.41) is 7.89. The second-order valence-corrected chi connectivity index (χ2v) is 7.20. The summed E-state index contributed by atoms with van der Waals surface area (Å²) in [6, 6.07) is 11.2. The van der Waals surface area contributed by atoms with E-state index in [-0.39, 0.29) is 11.8 Å². The molecular weight excluding hydrogens is 374 g/mol. The zero-order valence-corrected chi connectivity index (χ0v) is 16.1. The van der Waals surface area contributed by atoms with Crippen molar-refractivity contribution in [1.82, 2.24) is 14.4 Å². The maximum Gasteiger partial charge on any atom is 0.277 e. The van der Waals surface area contributed by atoms with Crippen LogP contribution in [0.3, 0.4) is 0 Å². The molecule has 0 atom stereocenters. The lowest BCUT2D eigenvalue weighted by atomic mass is 10.1. The van der Waals surface area contributed by atoms with E-state index >= 15 is 0 Å². The van der Waals surface area contributed by atoms with E-state index in [9.17, 15) is 9.59 Å². The molecule has 2 amide bonds. The molecule has 0 fully saturated rings. The fourth-order valence-corrected chi connectivity index (χ4v) is 3.46. The van der Waals surface area contributed by atoms with Gasteiger partial charge in [-0.2, -0.15) is 0 Å². The number of hydrogen-bond acceptors (Lipinski definition) is 5. The molecule has 8 heteroatoms. The van der Waals surface area contributed by atoms with Gasteiger partial charge in [-0.05, 0) is 36.8 Å². The number of anilines is 2. The first-order chi connectivity index (χ1) is 13.5. The summed E-state index contributed by atoms with van der Waals surface area (Å²) in [4.78, 5) is 32.4. The molecule has 7 nitrogen and oxygen atoms in total. The third-order valence-corrected chi connectivity index (χ3v) is 4.83. The number of nitrogens with zero attached hydrogens (tertiary/aromatic N) is 3. The standard InChI is InChI=1S/C20H17N5O2S/c1-12-7-8-25-10-16(22-18(25)9-12)19(27)24-20-23-17(11-28-20)14-3-5-15(6-4-14)21-13(2)26/h3-11H,1-2H3,(H,21,26)(H,23,24,27). The minimum Gasteiger partial charge on any atom is -0.326 e. The van der Waals surface area contributed by atoms with Crippen molar-refractivity contribution in [3.8, 4) is 11.3 Å². The monoisotopic (exact) mass is 391 g/mol. The van der Waals surface area contributed by atoms with E-state index in [4.69, 9.17) is 0 Å². The Kier molecular flexibility index (Phi) is 4.62. The first-order valence-corrected chi connectivity index (χ1v) is 9.46. The molecule has 0 unspecified atom stereocenters. The van der Waals surface area contributed by atoms with Gasteiger partial charge in [0.1, 0.15) is 11.3 Å². The van der Waals surface area contributed by atoms with Crippen LogP contribution < -0.4 is 10.6 Å². The van der Waals surface area contributed by atoms with Crippen molar-refractivity contribution in [2.75, 3.05) is 10.6 Å². The third kappa shape index (κ3) is 3.77. The van der Waals surface area contributed by atoms with E-state index in [1.807, 2.05) is 59.3 Å². The number of amides is 2. The minimum atomic E-state index is -0.303. The second-order valence-electron chi connectivity index (χ2n) is 6.35. The van der Waals surface area contributed by atoms with Crippen molar-refractivity contribution in [2.45, 2.75) is 13.8 Å². The largest absolute Gasteiger partial charge is 0.326 e. The van der Waals surface area contributed by atoms with Gasteiger partial charge < -0.3 is 9.72 Å². The Hall–Kier alpha value is -3.52. The topological polar surface area (TPSA) is 88.4 Å². The summed E-state index contributed by atoms with van der Waals surface area (Å²) in [6.07, 6.45) is 3.57. The Morgan fingerprint density at radius 3 is 2.61 bits per heavy atom. The smallest absolute Gasteiger partial charge is 0.277 e. The maximum absolute atomic E-state index is 12.5. The van der Waals surface area contributed by atoms with Gasteiger partial charge in [0.05, 0.1) is 5.69 Å². The molecule has 4 aromatic rings. The van der Waals surface area contributed by atoms with Gasteiger partial charge in [0.2, 0.25) is 5.91 Å². The normalized spacial score (nSPS) is 10.8. The van der Waals surface area contributed by atoms with Crippen LogP contribution in [0.25, 0.3) is 16.9 Å². The molecule has 0 aliphatic carbocycles. The van der Waals surface area contributed by atoms with Crippen LogP contribution >= 0.6 is 11.3 Å². The van der Waals surface area contributed by atoms with Crippen LogP contribution in [0.2, 0.25) is 0 Å². The molecule has 3 heterocycles. The van der Waals surface area contributed by atoms with Gasteiger partial charge in [-0.3, -0.25) is 14.9 Å². The van der Waals surface area contributed by atoms with Gasteiger partial charge in [-0.15, -0.1) is 11.3 Å². The van der Waals surface area contributed by atoms with Gasteiger partial charge in [0.25, 0.3) is 5.91 Å². The number of hydrogen-bond donors (Lipinski definition) is 2. The first kappa shape index (κ1) is 17.9. The number of imidazole rings is 1. The van der Waals surface area contributed by atoms with Crippen LogP contribution in [-0.2, 0) is 4.79 Å². The Balaban J connectivity index is 1.49. The molecule has 3 aromatic heterocycles. The van der Waals surface area contributed by atoms with E-state index in [2.05, 4.69) is 20.6 Å². The van der Waals surface area contributed by atoms with Crippen molar-refractivity contribution in [2.24, 2.45) is 0 Å². The summed E-state index contributed by atoms with van der Waals surface area (Å²) >= 11 is 1.34. The van der Waals surface area contributed by atoms with Crippen LogP contribution in [0.1, 0.15) is 23.0 Å². The van der Waals surface area contributed by atoms with E-state index < -0.39 is 0 Å².